The fraction of sp³-hybridized carbons (Fsp3) is 0.556. The number of ether oxygens (including phenoxy) is 1. The Morgan fingerprint density at radius 2 is 1.94 bits per heavy atom. The summed E-state index contributed by atoms with van der Waals surface area (Å²) in [6, 6.07) is 1.56. The topological polar surface area (TPSA) is 94.9 Å². The Kier molecular flexibility index (Phi) is 7.42. The van der Waals surface area contributed by atoms with E-state index in [9.17, 15) is 9.36 Å². The maximum atomic E-state index is 11.4. The molecule has 0 amide bonds. The molecule has 0 heterocycles. The van der Waals surface area contributed by atoms with E-state index in [1.807, 2.05) is 0 Å². The number of carbonyl (C=O) groups is 1. The van der Waals surface area contributed by atoms with Gasteiger partial charge in [-0.05, 0) is 0 Å². The van der Waals surface area contributed by atoms with Crippen LogP contribution in [0.3, 0.4) is 0 Å². The third-order valence-electron chi connectivity index (χ3n) is 1.60. The van der Waals surface area contributed by atoms with Crippen LogP contribution < -0.4 is 0 Å². The lowest BCUT2D eigenvalue weighted by Crippen LogP contribution is -2.09. The van der Waals surface area contributed by atoms with Crippen molar-refractivity contribution in [1.29, 1.82) is 5.26 Å². The zero-order valence-corrected chi connectivity index (χ0v) is 10.6. The summed E-state index contributed by atoms with van der Waals surface area (Å²) < 4.78 is 29.9. The van der Waals surface area contributed by atoms with Gasteiger partial charge in [-0.2, -0.15) is 5.26 Å². The van der Waals surface area contributed by atoms with E-state index in [1.165, 1.54) is 14.2 Å². The summed E-state index contributed by atoms with van der Waals surface area (Å²) in [7, 11) is -1.09. The van der Waals surface area contributed by atoms with Gasteiger partial charge in [-0.3, -0.25) is 13.6 Å². The van der Waals surface area contributed by atoms with Crippen molar-refractivity contribution in [3.05, 3.63) is 12.2 Å². The molecule has 0 fully saturated rings. The third-order valence-corrected chi connectivity index (χ3v) is 2.99. The Morgan fingerprint density at radius 3 is 2.41 bits per heavy atom. The van der Waals surface area contributed by atoms with Gasteiger partial charge in [-0.1, -0.05) is 6.58 Å². The molecule has 0 N–H and O–H groups in total. The number of hydrogen-bond donors (Lipinski definition) is 0. The molecule has 0 unspecified atom stereocenters. The maximum Gasteiger partial charge on any atom is 0.474 e. The molecule has 0 aliphatic rings. The van der Waals surface area contributed by atoms with Crippen molar-refractivity contribution >= 4 is 13.8 Å². The van der Waals surface area contributed by atoms with Gasteiger partial charge >= 0.3 is 13.8 Å². The first-order valence-electron chi connectivity index (χ1n) is 4.61. The lowest BCUT2D eigenvalue weighted by atomic mass is 10.3. The van der Waals surface area contributed by atoms with Crippen LogP contribution in [0.1, 0.15) is 6.42 Å². The predicted octanol–water partition coefficient (Wildman–Crippen LogP) is 1.42. The van der Waals surface area contributed by atoms with Gasteiger partial charge in [0.15, 0.2) is 0 Å². The van der Waals surface area contributed by atoms with Crippen molar-refractivity contribution in [2.45, 2.75) is 6.42 Å². The van der Waals surface area contributed by atoms with Crippen molar-refractivity contribution in [3.63, 3.8) is 0 Å². The molecule has 0 rings (SSSR count). The van der Waals surface area contributed by atoms with E-state index >= 15 is 0 Å². The monoisotopic (exact) mass is 263 g/mol. The summed E-state index contributed by atoms with van der Waals surface area (Å²) >= 11 is 0. The maximum absolute atomic E-state index is 11.4. The molecule has 0 aromatic heterocycles. The molecule has 0 aliphatic heterocycles. The molecule has 7 nitrogen and oxygen atoms in total. The predicted molar refractivity (Wildman–Crippen MR) is 57.9 cm³/mol. The number of phosphoric acid groups is 1. The highest BCUT2D eigenvalue weighted by atomic mass is 31.2. The summed E-state index contributed by atoms with van der Waals surface area (Å²) in [6.07, 6.45) is 0.293. The van der Waals surface area contributed by atoms with Gasteiger partial charge < -0.3 is 4.74 Å². The van der Waals surface area contributed by atoms with Crippen LogP contribution >= 0.6 is 7.82 Å². The van der Waals surface area contributed by atoms with Crippen LogP contribution in [0.4, 0.5) is 0 Å². The minimum absolute atomic E-state index is 0.0208. The molecule has 0 aromatic rings. The van der Waals surface area contributed by atoms with Crippen LogP contribution in [0.5, 0.6) is 0 Å². The van der Waals surface area contributed by atoms with Gasteiger partial charge in [-0.25, -0.2) is 9.36 Å². The van der Waals surface area contributed by atoms with Crippen molar-refractivity contribution in [1.82, 2.24) is 0 Å². The van der Waals surface area contributed by atoms with Crippen molar-refractivity contribution < 1.29 is 27.7 Å². The Bertz CT molecular complexity index is 353. The minimum Gasteiger partial charge on any atom is -0.461 e. The molecule has 0 aromatic carbocycles. The summed E-state index contributed by atoms with van der Waals surface area (Å²) in [4.78, 5) is 11.0. The Balaban J connectivity index is 3.74. The zero-order chi connectivity index (χ0) is 13.3. The summed E-state index contributed by atoms with van der Waals surface area (Å²) in [6.45, 7) is 3.24. The number of carbonyl (C=O) groups excluding carboxylic acids is 1. The molecular formula is C9H14NO6P. The average molecular weight is 263 g/mol. The first-order chi connectivity index (χ1) is 7.99. The second-order valence-electron chi connectivity index (χ2n) is 2.73. The van der Waals surface area contributed by atoms with Crippen molar-refractivity contribution in [2.75, 3.05) is 27.4 Å². The van der Waals surface area contributed by atoms with Gasteiger partial charge in [-0.15, -0.1) is 0 Å². The standard InChI is InChI=1S/C9H14NO6P/c1-8(7-10)9(11)15-5-4-6-16-17(12,13-2)14-3/h1,4-6H2,2-3H3. The van der Waals surface area contributed by atoms with Crippen molar-refractivity contribution in [3.8, 4) is 6.07 Å². The molecule has 96 valence electrons. The second kappa shape index (κ2) is 7.98. The highest BCUT2D eigenvalue weighted by Crippen LogP contribution is 2.47. The second-order valence-corrected chi connectivity index (χ2v) is 4.61. The number of nitriles is 1. The quantitative estimate of drug-likeness (QED) is 0.215. The molecule has 0 saturated heterocycles. The molecule has 0 saturated carbocycles. The van der Waals surface area contributed by atoms with Gasteiger partial charge in [0.2, 0.25) is 0 Å². The number of phosphoric ester groups is 1. The molecule has 0 bridgehead atoms. The van der Waals surface area contributed by atoms with Crippen LogP contribution in [-0.4, -0.2) is 33.4 Å². The van der Waals surface area contributed by atoms with Crippen LogP contribution in [0, 0.1) is 11.3 Å². The number of nitrogens with zero attached hydrogens (tertiary/aromatic N) is 1. The van der Waals surface area contributed by atoms with Gasteiger partial charge in [0.25, 0.3) is 0 Å². The van der Waals surface area contributed by atoms with E-state index in [2.05, 4.69) is 20.4 Å². The number of hydrogen-bond acceptors (Lipinski definition) is 7. The Labute approximate surface area is 99.5 Å². The van der Waals surface area contributed by atoms with E-state index < -0.39 is 13.8 Å². The molecule has 0 spiro atoms. The molecule has 8 heteroatoms. The highest BCUT2D eigenvalue weighted by Gasteiger charge is 2.21. The Morgan fingerprint density at radius 1 is 1.35 bits per heavy atom. The van der Waals surface area contributed by atoms with Crippen LogP contribution in [0.15, 0.2) is 12.2 Å². The first kappa shape index (κ1) is 15.8. The van der Waals surface area contributed by atoms with E-state index in [4.69, 9.17) is 9.79 Å². The normalized spacial score (nSPS) is 10.6. The molecule has 0 atom stereocenters. The first-order valence-corrected chi connectivity index (χ1v) is 6.07. The molecule has 17 heavy (non-hydrogen) atoms. The smallest absolute Gasteiger partial charge is 0.461 e. The average Bonchev–Trinajstić information content (AvgIpc) is 2.36. The van der Waals surface area contributed by atoms with Crippen LogP contribution in [0.2, 0.25) is 0 Å². The lowest BCUT2D eigenvalue weighted by Gasteiger charge is -2.12. The minimum atomic E-state index is -3.48. The highest BCUT2D eigenvalue weighted by molar-refractivity contribution is 7.48. The summed E-state index contributed by atoms with van der Waals surface area (Å²) in [5, 5.41) is 8.33. The lowest BCUT2D eigenvalue weighted by molar-refractivity contribution is -0.138. The van der Waals surface area contributed by atoms with E-state index in [0.29, 0.717) is 6.42 Å². The third kappa shape index (κ3) is 6.19. The molecule has 0 aliphatic carbocycles. The fourth-order valence-electron chi connectivity index (χ4n) is 0.713. The van der Waals surface area contributed by atoms with E-state index in [-0.39, 0.29) is 18.8 Å². The molecule has 0 radical (unpaired) electrons. The van der Waals surface area contributed by atoms with Gasteiger partial charge in [0, 0.05) is 20.6 Å². The number of rotatable bonds is 8. The molecular weight excluding hydrogens is 249 g/mol. The SMILES string of the molecule is C=C(C#N)C(=O)OCCCOP(=O)(OC)OC. The van der Waals surface area contributed by atoms with Crippen LogP contribution in [-0.2, 0) is 27.7 Å². The Hall–Kier alpha value is -1.19. The number of esters is 1. The van der Waals surface area contributed by atoms with Gasteiger partial charge in [0.05, 0.1) is 13.2 Å². The zero-order valence-electron chi connectivity index (χ0n) is 9.67. The summed E-state index contributed by atoms with van der Waals surface area (Å²) in [5.41, 5.74) is -0.273. The fourth-order valence-corrected chi connectivity index (χ4v) is 1.43. The van der Waals surface area contributed by atoms with E-state index in [1.54, 1.807) is 6.07 Å². The largest absolute Gasteiger partial charge is 0.474 e. The van der Waals surface area contributed by atoms with Crippen LogP contribution in [0.25, 0.3) is 0 Å². The van der Waals surface area contributed by atoms with Gasteiger partial charge in [0.1, 0.15) is 11.6 Å². The summed E-state index contributed by atoms with van der Waals surface area (Å²) in [5.74, 6) is -0.783. The van der Waals surface area contributed by atoms with Crippen molar-refractivity contribution in [2.24, 2.45) is 0 Å². The van der Waals surface area contributed by atoms with E-state index in [0.717, 1.165) is 0 Å².